The highest BCUT2D eigenvalue weighted by Gasteiger charge is 2.06. The van der Waals surface area contributed by atoms with Crippen LogP contribution in [-0.2, 0) is 6.54 Å². The Hall–Kier alpha value is -1.54. The van der Waals surface area contributed by atoms with Crippen molar-refractivity contribution in [1.82, 2.24) is 4.98 Å². The van der Waals surface area contributed by atoms with Gasteiger partial charge in [-0.2, -0.15) is 5.26 Å². The summed E-state index contributed by atoms with van der Waals surface area (Å²) in [5, 5.41) is 10.5. The molecule has 2 rings (SSSR count). The van der Waals surface area contributed by atoms with Gasteiger partial charge in [0.1, 0.15) is 11.1 Å². The average molecular weight is 276 g/mol. The maximum Gasteiger partial charge on any atom is 0.101 e. The first-order chi connectivity index (χ1) is 8.72. The molecule has 0 aliphatic heterocycles. The molecule has 0 saturated carbocycles. The first-order valence-corrected chi connectivity index (χ1v) is 6.45. The van der Waals surface area contributed by atoms with Crippen molar-refractivity contribution in [3.05, 3.63) is 52.7 Å². The Morgan fingerprint density at radius 3 is 2.78 bits per heavy atom. The molecule has 0 aliphatic rings. The lowest BCUT2D eigenvalue weighted by atomic mass is 10.1. The van der Waals surface area contributed by atoms with Crippen LogP contribution in [0.2, 0.25) is 5.02 Å². The Kier molecular flexibility index (Phi) is 4.21. The molecule has 2 N–H and O–H groups in total. The molecule has 0 amide bonds. The second kappa shape index (κ2) is 5.87. The first-order valence-electron chi connectivity index (χ1n) is 5.25. The standard InChI is InChI=1S/C13H10ClN3S/c14-11-2-4-13(17-8-11)18-12-3-1-9(6-15)5-10(12)7-16/h1-5,8H,6,15H2. The number of hydrogen-bond donors (Lipinski definition) is 1. The monoisotopic (exact) mass is 275 g/mol. The third-order valence-electron chi connectivity index (χ3n) is 2.31. The lowest BCUT2D eigenvalue weighted by Crippen LogP contribution is -1.97. The van der Waals surface area contributed by atoms with Gasteiger partial charge >= 0.3 is 0 Å². The molecule has 0 atom stereocenters. The molecule has 1 aromatic heterocycles. The minimum Gasteiger partial charge on any atom is -0.326 e. The number of pyridine rings is 1. The van der Waals surface area contributed by atoms with Gasteiger partial charge in [-0.05, 0) is 29.8 Å². The van der Waals surface area contributed by atoms with Gasteiger partial charge in [-0.1, -0.05) is 29.4 Å². The van der Waals surface area contributed by atoms with Crippen molar-refractivity contribution in [2.45, 2.75) is 16.5 Å². The van der Waals surface area contributed by atoms with Gasteiger partial charge in [0.05, 0.1) is 10.6 Å². The Morgan fingerprint density at radius 1 is 1.33 bits per heavy atom. The highest BCUT2D eigenvalue weighted by Crippen LogP contribution is 2.29. The highest BCUT2D eigenvalue weighted by atomic mass is 35.5. The zero-order valence-corrected chi connectivity index (χ0v) is 11.0. The van der Waals surface area contributed by atoms with E-state index < -0.39 is 0 Å². The normalized spacial score (nSPS) is 10.1. The third-order valence-corrected chi connectivity index (χ3v) is 3.57. The Morgan fingerprint density at radius 2 is 2.17 bits per heavy atom. The number of nitrogens with two attached hydrogens (primary N) is 1. The topological polar surface area (TPSA) is 62.7 Å². The number of halogens is 1. The summed E-state index contributed by atoms with van der Waals surface area (Å²) >= 11 is 7.21. The van der Waals surface area contributed by atoms with E-state index >= 15 is 0 Å². The van der Waals surface area contributed by atoms with Crippen molar-refractivity contribution in [2.24, 2.45) is 5.73 Å². The molecule has 5 heteroatoms. The number of hydrogen-bond acceptors (Lipinski definition) is 4. The second-order valence-electron chi connectivity index (χ2n) is 3.56. The van der Waals surface area contributed by atoms with Crippen LogP contribution >= 0.6 is 23.4 Å². The lowest BCUT2D eigenvalue weighted by Gasteiger charge is -2.05. The molecule has 0 radical (unpaired) electrons. The van der Waals surface area contributed by atoms with E-state index in [9.17, 15) is 0 Å². The predicted octanol–water partition coefficient (Wildman–Crippen LogP) is 3.22. The molecular weight excluding hydrogens is 266 g/mol. The Labute approximate surface area is 115 Å². The van der Waals surface area contributed by atoms with Crippen LogP contribution in [0.5, 0.6) is 0 Å². The van der Waals surface area contributed by atoms with E-state index in [-0.39, 0.29) is 0 Å². The van der Waals surface area contributed by atoms with Crippen molar-refractivity contribution in [3.63, 3.8) is 0 Å². The summed E-state index contributed by atoms with van der Waals surface area (Å²) in [5.41, 5.74) is 7.10. The summed E-state index contributed by atoms with van der Waals surface area (Å²) < 4.78 is 0. The molecule has 1 aromatic carbocycles. The molecule has 0 aliphatic carbocycles. The molecule has 0 bridgehead atoms. The fraction of sp³-hybridized carbons (Fsp3) is 0.0769. The van der Waals surface area contributed by atoms with Gasteiger partial charge in [-0.15, -0.1) is 0 Å². The summed E-state index contributed by atoms with van der Waals surface area (Å²) in [5.74, 6) is 0. The van der Waals surface area contributed by atoms with E-state index in [4.69, 9.17) is 22.6 Å². The molecule has 0 fully saturated rings. The van der Waals surface area contributed by atoms with Crippen molar-refractivity contribution >= 4 is 23.4 Å². The van der Waals surface area contributed by atoms with Crippen molar-refractivity contribution in [3.8, 4) is 6.07 Å². The van der Waals surface area contributed by atoms with Gasteiger partial charge in [0.25, 0.3) is 0 Å². The number of aromatic nitrogens is 1. The van der Waals surface area contributed by atoms with Crippen LogP contribution in [0.25, 0.3) is 0 Å². The number of rotatable bonds is 3. The summed E-state index contributed by atoms with van der Waals surface area (Å²) in [7, 11) is 0. The SMILES string of the molecule is N#Cc1cc(CN)ccc1Sc1ccc(Cl)cn1. The first kappa shape index (κ1) is 12.9. The maximum atomic E-state index is 9.11. The van der Waals surface area contributed by atoms with Crippen LogP contribution in [0, 0.1) is 11.3 Å². The van der Waals surface area contributed by atoms with Crippen LogP contribution in [0.15, 0.2) is 46.5 Å². The molecule has 1 heterocycles. The molecule has 18 heavy (non-hydrogen) atoms. The molecule has 90 valence electrons. The Balaban J connectivity index is 2.29. The molecular formula is C13H10ClN3S. The quantitative estimate of drug-likeness (QED) is 0.934. The van der Waals surface area contributed by atoms with Gasteiger partial charge in [0.2, 0.25) is 0 Å². The second-order valence-corrected chi connectivity index (χ2v) is 5.06. The van der Waals surface area contributed by atoms with Crippen LogP contribution in [-0.4, -0.2) is 4.98 Å². The van der Waals surface area contributed by atoms with E-state index in [1.165, 1.54) is 11.8 Å². The molecule has 0 unspecified atom stereocenters. The number of nitrogens with zero attached hydrogens (tertiary/aromatic N) is 2. The maximum absolute atomic E-state index is 9.11. The minimum absolute atomic E-state index is 0.429. The van der Waals surface area contributed by atoms with E-state index in [0.717, 1.165) is 15.5 Å². The van der Waals surface area contributed by atoms with Gasteiger partial charge < -0.3 is 5.73 Å². The number of benzene rings is 1. The van der Waals surface area contributed by atoms with E-state index in [1.54, 1.807) is 18.3 Å². The van der Waals surface area contributed by atoms with Gasteiger partial charge in [-0.3, -0.25) is 0 Å². The van der Waals surface area contributed by atoms with Crippen molar-refractivity contribution in [2.75, 3.05) is 0 Å². The average Bonchev–Trinajstić information content (AvgIpc) is 2.41. The summed E-state index contributed by atoms with van der Waals surface area (Å²) in [6.07, 6.45) is 1.59. The summed E-state index contributed by atoms with van der Waals surface area (Å²) in [6.45, 7) is 0.429. The summed E-state index contributed by atoms with van der Waals surface area (Å²) in [6, 6.07) is 11.4. The molecule has 3 nitrogen and oxygen atoms in total. The Bertz CT molecular complexity index is 590. The fourth-order valence-electron chi connectivity index (χ4n) is 1.42. The van der Waals surface area contributed by atoms with Crippen molar-refractivity contribution in [1.29, 1.82) is 5.26 Å². The zero-order chi connectivity index (χ0) is 13.0. The smallest absolute Gasteiger partial charge is 0.101 e. The lowest BCUT2D eigenvalue weighted by molar-refractivity contribution is 1.06. The zero-order valence-electron chi connectivity index (χ0n) is 9.43. The highest BCUT2D eigenvalue weighted by molar-refractivity contribution is 7.99. The largest absolute Gasteiger partial charge is 0.326 e. The van der Waals surface area contributed by atoms with Gasteiger partial charge in [-0.25, -0.2) is 4.98 Å². The molecule has 0 spiro atoms. The van der Waals surface area contributed by atoms with Crippen LogP contribution in [0.1, 0.15) is 11.1 Å². The predicted molar refractivity (Wildman–Crippen MR) is 72.4 cm³/mol. The van der Waals surface area contributed by atoms with E-state index in [0.29, 0.717) is 17.1 Å². The van der Waals surface area contributed by atoms with Crippen molar-refractivity contribution < 1.29 is 0 Å². The van der Waals surface area contributed by atoms with E-state index in [2.05, 4.69) is 11.1 Å². The third kappa shape index (κ3) is 3.02. The van der Waals surface area contributed by atoms with Crippen LogP contribution < -0.4 is 5.73 Å². The van der Waals surface area contributed by atoms with Crippen LogP contribution in [0.4, 0.5) is 0 Å². The molecule has 2 aromatic rings. The van der Waals surface area contributed by atoms with Gasteiger partial charge in [0.15, 0.2) is 0 Å². The van der Waals surface area contributed by atoms with E-state index in [1.807, 2.05) is 18.2 Å². The summed E-state index contributed by atoms with van der Waals surface area (Å²) in [4.78, 5) is 5.05. The van der Waals surface area contributed by atoms with Crippen LogP contribution in [0.3, 0.4) is 0 Å². The minimum atomic E-state index is 0.429. The van der Waals surface area contributed by atoms with Gasteiger partial charge in [0, 0.05) is 17.6 Å². The number of nitriles is 1. The molecule has 0 saturated heterocycles. The fourth-order valence-corrected chi connectivity index (χ4v) is 2.34.